The van der Waals surface area contributed by atoms with Gasteiger partial charge < -0.3 is 0 Å². The molecule has 9 rings (SSSR count). The van der Waals surface area contributed by atoms with Gasteiger partial charge in [0.15, 0.2) is 5.78 Å². The van der Waals surface area contributed by atoms with E-state index >= 15 is 4.79 Å². The van der Waals surface area contributed by atoms with Crippen LogP contribution in [0.3, 0.4) is 0 Å². The zero-order valence-electron chi connectivity index (χ0n) is 35.6. The van der Waals surface area contributed by atoms with Crippen LogP contribution < -0.4 is 0 Å². The summed E-state index contributed by atoms with van der Waals surface area (Å²) in [6.07, 6.45) is 0.266. The van der Waals surface area contributed by atoms with Crippen LogP contribution in [0.15, 0.2) is 202 Å². The summed E-state index contributed by atoms with van der Waals surface area (Å²) in [6.45, 7) is 0. The number of ketones is 1. The molecule has 2 aliphatic carbocycles. The molecule has 0 fully saturated rings. The maximum Gasteiger partial charge on any atom is 0.294 e. The number of allylic oxidation sites excluding steroid dienone is 8. The first kappa shape index (κ1) is 46.9. The average molecular weight is 997 g/mol. The molecule has 0 bridgehead atoms. The molecule has 0 spiro atoms. The maximum atomic E-state index is 15.1. The lowest BCUT2D eigenvalue weighted by molar-refractivity contribution is -0.108. The molecule has 0 saturated heterocycles. The van der Waals surface area contributed by atoms with Crippen molar-refractivity contribution in [3.63, 3.8) is 0 Å². The van der Waals surface area contributed by atoms with Crippen LogP contribution >= 0.6 is 0 Å². The van der Waals surface area contributed by atoms with Gasteiger partial charge in [-0.25, -0.2) is 0 Å². The summed E-state index contributed by atoms with van der Waals surface area (Å²) >= 11 is 0. The Balaban J connectivity index is 1.29. The normalized spacial score (nSPS) is 14.9. The molecule has 7 aromatic rings. The number of benzene rings is 7. The highest BCUT2D eigenvalue weighted by molar-refractivity contribution is 7.86. The van der Waals surface area contributed by atoms with E-state index < -0.39 is 51.2 Å². The highest BCUT2D eigenvalue weighted by atomic mass is 32.2. The van der Waals surface area contributed by atoms with Crippen LogP contribution in [0, 0.1) is 0 Å². The zero-order valence-corrected chi connectivity index (χ0v) is 38.9. The lowest BCUT2D eigenvalue weighted by atomic mass is 9.86. The van der Waals surface area contributed by atoms with E-state index in [0.29, 0.717) is 50.1 Å². The quantitative estimate of drug-likeness (QED) is 0.0836. The van der Waals surface area contributed by atoms with Crippen molar-refractivity contribution in [2.24, 2.45) is 0 Å². The summed E-state index contributed by atoms with van der Waals surface area (Å²) in [5, 5.41) is 0. The van der Waals surface area contributed by atoms with Gasteiger partial charge in [0.2, 0.25) is 0 Å². The van der Waals surface area contributed by atoms with E-state index in [9.17, 15) is 51.9 Å². The molecule has 0 heterocycles. The Morgan fingerprint density at radius 3 is 0.768 bits per heavy atom. The van der Waals surface area contributed by atoms with Crippen molar-refractivity contribution in [3.8, 4) is 0 Å². The molecule has 0 saturated carbocycles. The van der Waals surface area contributed by atoms with Crippen molar-refractivity contribution in [1.29, 1.82) is 0 Å². The SMILES string of the molecule is O=C1C(c2ccc(S(=O)(=O)O)cc2)=C(c2ccccc2)C(c2ccc(C3=C(c4ccc(S(=O)(=O)O)cc4)CC(c4ccc(S(=O)(=O)O)cc4)=C3c3ccccc3)cc2)=C1c1ccc(S(=O)(=O)O)cc1. The first-order valence-corrected chi connectivity index (χ1v) is 26.5. The summed E-state index contributed by atoms with van der Waals surface area (Å²) in [5.74, 6) is -0.486. The molecule has 4 N–H and O–H groups in total. The summed E-state index contributed by atoms with van der Waals surface area (Å²) < 4.78 is 136. The van der Waals surface area contributed by atoms with Gasteiger partial charge in [-0.3, -0.25) is 23.0 Å². The smallest absolute Gasteiger partial charge is 0.289 e. The summed E-state index contributed by atoms with van der Waals surface area (Å²) in [4.78, 5) is 13.7. The minimum Gasteiger partial charge on any atom is -0.289 e. The van der Waals surface area contributed by atoms with Gasteiger partial charge in [0.05, 0.1) is 19.6 Å². The van der Waals surface area contributed by atoms with Gasteiger partial charge in [-0.15, -0.1) is 0 Å². The molecule has 13 nitrogen and oxygen atoms in total. The zero-order chi connectivity index (χ0) is 49.0. The van der Waals surface area contributed by atoms with E-state index in [-0.39, 0.29) is 32.3 Å². The Labute approximate surface area is 397 Å². The van der Waals surface area contributed by atoms with Crippen LogP contribution in [-0.4, -0.2) is 57.7 Å². The monoisotopic (exact) mass is 996 g/mol. The van der Waals surface area contributed by atoms with Crippen LogP contribution in [0.1, 0.15) is 50.9 Å². The highest BCUT2D eigenvalue weighted by Gasteiger charge is 2.36. The van der Waals surface area contributed by atoms with Crippen LogP contribution in [0.5, 0.6) is 0 Å². The van der Waals surface area contributed by atoms with Crippen molar-refractivity contribution in [3.05, 3.63) is 226 Å². The third-order valence-electron chi connectivity index (χ3n) is 11.9. The number of rotatable bonds is 12. The summed E-state index contributed by atoms with van der Waals surface area (Å²) in [5.41, 5.74) is 8.70. The van der Waals surface area contributed by atoms with Crippen molar-refractivity contribution in [2.75, 3.05) is 0 Å². The lowest BCUT2D eigenvalue weighted by Crippen LogP contribution is -2.04. The van der Waals surface area contributed by atoms with E-state index in [1.54, 1.807) is 54.6 Å². The molecule has 2 aliphatic rings. The fraction of sp³-hybridized carbons (Fsp3) is 0.0192. The Hall–Kier alpha value is -7.19. The van der Waals surface area contributed by atoms with E-state index in [2.05, 4.69) is 0 Å². The fourth-order valence-electron chi connectivity index (χ4n) is 8.77. The van der Waals surface area contributed by atoms with Gasteiger partial charge in [-0.2, -0.15) is 33.7 Å². The second-order valence-corrected chi connectivity index (χ2v) is 21.7. The Kier molecular flexibility index (Phi) is 12.0. The molecule has 7 aromatic carbocycles. The van der Waals surface area contributed by atoms with Crippen molar-refractivity contribution < 1.29 is 56.7 Å². The standard InChI is InChI=1S/C52H36O13S4/c53-52-50(38-19-27-42(28-20-38)68(60,61)62)48(35-9-5-2-6-10-35)49(51(52)39-21-29-43(30-22-39)69(63,64)65)37-13-11-36(12-14-37)47-45(33-17-25-41(26-18-33)67(57,58)59)31-44(46(47)34-7-3-1-4-8-34)32-15-23-40(24-16-32)66(54,55)56/h1-30H,31H2,(H,54,55,56)(H,57,58,59)(H,60,61,62)(H,63,64,65). The number of carbonyl (C=O) groups is 1. The average Bonchev–Trinajstić information content (AvgIpc) is 3.87. The Morgan fingerprint density at radius 1 is 0.261 bits per heavy atom. The molecule has 0 radical (unpaired) electrons. The van der Waals surface area contributed by atoms with Crippen LogP contribution in [-0.2, 0) is 45.3 Å². The third kappa shape index (κ3) is 9.25. The highest BCUT2D eigenvalue weighted by Crippen LogP contribution is 2.53. The topological polar surface area (TPSA) is 235 Å². The third-order valence-corrected chi connectivity index (χ3v) is 15.4. The maximum absolute atomic E-state index is 15.1. The predicted octanol–water partition coefficient (Wildman–Crippen LogP) is 9.70. The first-order chi connectivity index (χ1) is 32.7. The predicted molar refractivity (Wildman–Crippen MR) is 261 cm³/mol. The van der Waals surface area contributed by atoms with Crippen LogP contribution in [0.2, 0.25) is 0 Å². The number of hydrogen-bond acceptors (Lipinski definition) is 9. The molecule has 0 aliphatic heterocycles. The molecule has 17 heteroatoms. The second kappa shape index (κ2) is 17.7. The summed E-state index contributed by atoms with van der Waals surface area (Å²) in [7, 11) is -18.2. The molecule has 346 valence electrons. The van der Waals surface area contributed by atoms with Crippen molar-refractivity contribution >= 4 is 90.8 Å². The van der Waals surface area contributed by atoms with Gasteiger partial charge in [0.25, 0.3) is 40.5 Å². The van der Waals surface area contributed by atoms with Gasteiger partial charge >= 0.3 is 0 Å². The van der Waals surface area contributed by atoms with Gasteiger partial charge in [0.1, 0.15) is 0 Å². The number of hydrogen-bond donors (Lipinski definition) is 4. The molecule has 0 unspecified atom stereocenters. The van der Waals surface area contributed by atoms with Crippen LogP contribution in [0.4, 0.5) is 0 Å². The summed E-state index contributed by atoms with van der Waals surface area (Å²) in [6, 6.07) is 47.5. The lowest BCUT2D eigenvalue weighted by Gasteiger charge is -2.17. The Bertz CT molecular complexity index is 3820. The van der Waals surface area contributed by atoms with Crippen LogP contribution in [0.25, 0.3) is 44.6 Å². The van der Waals surface area contributed by atoms with Gasteiger partial charge in [-0.05, 0) is 122 Å². The van der Waals surface area contributed by atoms with Gasteiger partial charge in [0, 0.05) is 22.3 Å². The molecule has 0 atom stereocenters. The minimum atomic E-state index is -4.61. The molecule has 69 heavy (non-hydrogen) atoms. The molecular formula is C52H36O13S4. The number of carbonyl (C=O) groups excluding carboxylic acids is 1. The van der Waals surface area contributed by atoms with E-state index in [1.807, 2.05) is 54.6 Å². The second-order valence-electron chi connectivity index (χ2n) is 16.0. The van der Waals surface area contributed by atoms with E-state index in [1.165, 1.54) is 72.8 Å². The van der Waals surface area contributed by atoms with Gasteiger partial charge in [-0.1, -0.05) is 133 Å². The molecule has 0 aromatic heterocycles. The molecule has 0 amide bonds. The number of Topliss-reactive ketones (excluding diaryl/α,β-unsaturated/α-hetero) is 1. The minimum absolute atomic E-state index is 0.164. The largest absolute Gasteiger partial charge is 0.294 e. The fourth-order valence-corrected chi connectivity index (χ4v) is 10.7. The van der Waals surface area contributed by atoms with E-state index in [4.69, 9.17) is 0 Å². The Morgan fingerprint density at radius 2 is 0.478 bits per heavy atom. The van der Waals surface area contributed by atoms with Crippen molar-refractivity contribution in [1.82, 2.24) is 0 Å². The molecular weight excluding hydrogens is 961 g/mol. The van der Waals surface area contributed by atoms with E-state index in [0.717, 1.165) is 27.9 Å². The first-order valence-electron chi connectivity index (χ1n) is 20.7. The van der Waals surface area contributed by atoms with Crippen molar-refractivity contribution in [2.45, 2.75) is 26.0 Å².